The number of nitrogens with zero attached hydrogens (tertiary/aromatic N) is 1. The monoisotopic (exact) mass is 477 g/mol. The molecular weight excluding hydrogens is 442 g/mol. The third kappa shape index (κ3) is 7.70. The van der Waals surface area contributed by atoms with Crippen molar-refractivity contribution >= 4 is 0 Å². The minimum absolute atomic E-state index is 0.121. The Bertz CT molecular complexity index is 972. The number of hydrogen-bond donors (Lipinski definition) is 2. The smallest absolute Gasteiger partial charge is 0.103 e. The van der Waals surface area contributed by atoms with Gasteiger partial charge in [-0.3, -0.25) is 4.90 Å². The molecule has 1 fully saturated rings. The maximum Gasteiger partial charge on any atom is 0.103 e. The Morgan fingerprint density at radius 1 is 0.743 bits per heavy atom. The third-order valence-electron chi connectivity index (χ3n) is 6.28. The maximum atomic E-state index is 10.2. The Morgan fingerprint density at radius 2 is 1.26 bits per heavy atom. The summed E-state index contributed by atoms with van der Waals surface area (Å²) in [6, 6.07) is 30.1. The Balaban J connectivity index is 1.48. The van der Waals surface area contributed by atoms with Crippen molar-refractivity contribution in [2.24, 2.45) is 0 Å². The molecule has 1 aliphatic rings. The molecule has 0 saturated carbocycles. The Kier molecular flexibility index (Phi) is 9.84. The van der Waals surface area contributed by atoms with Gasteiger partial charge < -0.3 is 24.4 Å². The molecule has 4 rings (SSSR count). The van der Waals surface area contributed by atoms with Crippen molar-refractivity contribution in [2.45, 2.75) is 44.2 Å². The van der Waals surface area contributed by atoms with Crippen molar-refractivity contribution in [2.75, 3.05) is 26.3 Å². The molecule has 6 heteroatoms. The Hall–Kier alpha value is -2.58. The fraction of sp³-hybridized carbons (Fsp3) is 0.379. The molecule has 3 aromatic carbocycles. The van der Waals surface area contributed by atoms with Crippen molar-refractivity contribution < 1.29 is 24.4 Å². The van der Waals surface area contributed by atoms with Crippen LogP contribution in [0, 0.1) is 0 Å². The van der Waals surface area contributed by atoms with Gasteiger partial charge in [-0.1, -0.05) is 91.0 Å². The van der Waals surface area contributed by atoms with E-state index in [2.05, 4.69) is 4.90 Å². The van der Waals surface area contributed by atoms with Crippen molar-refractivity contribution in [1.82, 2.24) is 4.90 Å². The summed E-state index contributed by atoms with van der Waals surface area (Å²) in [5.41, 5.74) is 3.29. The van der Waals surface area contributed by atoms with Gasteiger partial charge >= 0.3 is 0 Å². The molecule has 4 unspecified atom stereocenters. The first-order chi connectivity index (χ1) is 17.2. The lowest BCUT2D eigenvalue weighted by molar-refractivity contribution is -0.0827. The first kappa shape index (κ1) is 25.5. The summed E-state index contributed by atoms with van der Waals surface area (Å²) in [5.74, 6) is 0. The van der Waals surface area contributed by atoms with Gasteiger partial charge in [-0.15, -0.1) is 0 Å². The number of aliphatic hydroxyl groups is 2. The number of benzene rings is 3. The molecule has 6 nitrogen and oxygen atoms in total. The van der Waals surface area contributed by atoms with Gasteiger partial charge in [0.05, 0.1) is 51.3 Å². The normalized spacial score (nSPS) is 21.3. The summed E-state index contributed by atoms with van der Waals surface area (Å²) in [6.07, 6.45) is -1.29. The van der Waals surface area contributed by atoms with E-state index in [1.54, 1.807) is 0 Å². The van der Waals surface area contributed by atoms with Gasteiger partial charge in [-0.25, -0.2) is 0 Å². The van der Waals surface area contributed by atoms with E-state index in [-0.39, 0.29) is 24.9 Å². The summed E-state index contributed by atoms with van der Waals surface area (Å²) in [7, 11) is 0. The molecule has 1 saturated heterocycles. The zero-order valence-corrected chi connectivity index (χ0v) is 20.0. The number of hydrogen-bond acceptors (Lipinski definition) is 6. The second kappa shape index (κ2) is 13.5. The van der Waals surface area contributed by atoms with Gasteiger partial charge in [0.2, 0.25) is 0 Å². The highest BCUT2D eigenvalue weighted by Gasteiger charge is 2.44. The van der Waals surface area contributed by atoms with Crippen molar-refractivity contribution in [1.29, 1.82) is 0 Å². The molecule has 3 aromatic rings. The average molecular weight is 478 g/mol. The topological polar surface area (TPSA) is 71.4 Å². The lowest BCUT2D eigenvalue weighted by Crippen LogP contribution is -2.44. The predicted molar refractivity (Wildman–Crippen MR) is 135 cm³/mol. The second-order valence-electron chi connectivity index (χ2n) is 8.95. The van der Waals surface area contributed by atoms with Crippen LogP contribution in [0.2, 0.25) is 0 Å². The fourth-order valence-electron chi connectivity index (χ4n) is 4.45. The van der Waals surface area contributed by atoms with Crippen LogP contribution >= 0.6 is 0 Å². The molecule has 0 spiro atoms. The van der Waals surface area contributed by atoms with E-state index in [0.717, 1.165) is 16.7 Å². The standard InChI is InChI=1S/C29H35NO5/c31-18-26(32)16-30-17-28(34-20-24-12-6-2-7-13-24)29(35-21-25-14-8-3-9-15-25)27(30)22-33-19-23-10-4-1-5-11-23/h1-15,26-29,31-32H,16-22H2. The van der Waals surface area contributed by atoms with Crippen LogP contribution < -0.4 is 0 Å². The van der Waals surface area contributed by atoms with Gasteiger partial charge in [0.25, 0.3) is 0 Å². The molecule has 1 heterocycles. The zero-order chi connectivity index (χ0) is 24.3. The van der Waals surface area contributed by atoms with Crippen LogP contribution in [0.15, 0.2) is 91.0 Å². The van der Waals surface area contributed by atoms with Crippen LogP contribution in [-0.2, 0) is 34.0 Å². The Morgan fingerprint density at radius 3 is 1.80 bits per heavy atom. The van der Waals surface area contributed by atoms with E-state index in [9.17, 15) is 10.2 Å². The first-order valence-corrected chi connectivity index (χ1v) is 12.2. The minimum atomic E-state index is -0.839. The van der Waals surface area contributed by atoms with E-state index in [4.69, 9.17) is 14.2 Å². The number of rotatable bonds is 13. The highest BCUT2D eigenvalue weighted by molar-refractivity contribution is 5.15. The lowest BCUT2D eigenvalue weighted by Gasteiger charge is -2.29. The number of likely N-dealkylation sites (tertiary alicyclic amines) is 1. The molecular formula is C29H35NO5. The molecule has 0 aliphatic carbocycles. The van der Waals surface area contributed by atoms with Crippen molar-refractivity contribution in [3.8, 4) is 0 Å². The quantitative estimate of drug-likeness (QED) is 0.393. The van der Waals surface area contributed by atoms with Gasteiger partial charge in [-0.2, -0.15) is 0 Å². The highest BCUT2D eigenvalue weighted by atomic mass is 16.5. The molecule has 2 N–H and O–H groups in total. The van der Waals surface area contributed by atoms with E-state index in [1.165, 1.54) is 0 Å². The van der Waals surface area contributed by atoms with E-state index in [1.807, 2.05) is 91.0 Å². The summed E-state index contributed by atoms with van der Waals surface area (Å²) in [5, 5.41) is 19.7. The van der Waals surface area contributed by atoms with Crippen LogP contribution in [0.25, 0.3) is 0 Å². The highest BCUT2D eigenvalue weighted by Crippen LogP contribution is 2.27. The van der Waals surface area contributed by atoms with Gasteiger partial charge in [0.15, 0.2) is 0 Å². The van der Waals surface area contributed by atoms with Gasteiger partial charge in [0.1, 0.15) is 6.10 Å². The summed E-state index contributed by atoms with van der Waals surface area (Å²) in [4.78, 5) is 2.12. The van der Waals surface area contributed by atoms with Crippen LogP contribution in [-0.4, -0.2) is 65.8 Å². The minimum Gasteiger partial charge on any atom is -0.394 e. The van der Waals surface area contributed by atoms with Gasteiger partial charge in [-0.05, 0) is 16.7 Å². The van der Waals surface area contributed by atoms with Crippen molar-refractivity contribution in [3.05, 3.63) is 108 Å². The predicted octanol–water partition coefficient (Wildman–Crippen LogP) is 3.41. The van der Waals surface area contributed by atoms with Crippen molar-refractivity contribution in [3.63, 3.8) is 0 Å². The molecule has 0 radical (unpaired) electrons. The van der Waals surface area contributed by atoms with Crippen LogP contribution in [0.1, 0.15) is 16.7 Å². The molecule has 4 atom stereocenters. The summed E-state index contributed by atoms with van der Waals surface area (Å²) >= 11 is 0. The van der Waals surface area contributed by atoms with E-state index in [0.29, 0.717) is 39.5 Å². The average Bonchev–Trinajstić information content (AvgIpc) is 3.23. The number of aliphatic hydroxyl groups excluding tert-OH is 2. The van der Waals surface area contributed by atoms with Crippen LogP contribution in [0.5, 0.6) is 0 Å². The van der Waals surface area contributed by atoms with Crippen LogP contribution in [0.4, 0.5) is 0 Å². The molecule has 0 bridgehead atoms. The zero-order valence-electron chi connectivity index (χ0n) is 20.0. The van der Waals surface area contributed by atoms with Gasteiger partial charge in [0, 0.05) is 13.1 Å². The number of β-amino-alcohol motifs (C(OH)–C–C–N with tert-alkyl or cyclic N) is 1. The first-order valence-electron chi connectivity index (χ1n) is 12.2. The Labute approximate surface area is 207 Å². The van der Waals surface area contributed by atoms with Crippen LogP contribution in [0.3, 0.4) is 0 Å². The molecule has 35 heavy (non-hydrogen) atoms. The summed E-state index contributed by atoms with van der Waals surface area (Å²) < 4.78 is 18.9. The number of ether oxygens (including phenoxy) is 3. The molecule has 0 amide bonds. The second-order valence-corrected chi connectivity index (χ2v) is 8.95. The SMILES string of the molecule is OCC(O)CN1CC(OCc2ccccc2)C(OCc2ccccc2)C1COCc1ccccc1. The molecule has 186 valence electrons. The summed E-state index contributed by atoms with van der Waals surface area (Å²) in [6.45, 7) is 2.48. The largest absolute Gasteiger partial charge is 0.394 e. The molecule has 1 aliphatic heterocycles. The lowest BCUT2D eigenvalue weighted by atomic mass is 10.1. The third-order valence-corrected chi connectivity index (χ3v) is 6.28. The van der Waals surface area contributed by atoms with E-state index < -0.39 is 6.10 Å². The maximum absolute atomic E-state index is 10.2. The van der Waals surface area contributed by atoms with E-state index >= 15 is 0 Å². The fourth-order valence-corrected chi connectivity index (χ4v) is 4.45. The molecule has 0 aromatic heterocycles.